The molecular weight excluding hydrogens is 470 g/mol. The Morgan fingerprint density at radius 2 is 1.59 bits per heavy atom. The summed E-state index contributed by atoms with van der Waals surface area (Å²) in [5.74, 6) is 0.731. The van der Waals surface area contributed by atoms with Crippen LogP contribution in [0, 0.1) is 0 Å². The number of carbonyl (C=O) groups excluding carboxylic acids is 2. The first-order valence-electron chi connectivity index (χ1n) is 10.5. The zero-order chi connectivity index (χ0) is 22.3. The molecule has 0 spiro atoms. The molecule has 8 heteroatoms. The average molecular weight is 494 g/mol. The molecule has 1 fully saturated rings. The van der Waals surface area contributed by atoms with Crippen LogP contribution < -0.4 is 10.2 Å². The lowest BCUT2D eigenvalue weighted by atomic mass is 10.1. The van der Waals surface area contributed by atoms with E-state index in [0.29, 0.717) is 31.9 Å². The van der Waals surface area contributed by atoms with Crippen LogP contribution >= 0.6 is 15.9 Å². The number of nitrogens with zero attached hydrogens (tertiary/aromatic N) is 4. The van der Waals surface area contributed by atoms with Crippen LogP contribution in [0.4, 0.5) is 11.6 Å². The summed E-state index contributed by atoms with van der Waals surface area (Å²) in [5, 5.41) is 2.91. The van der Waals surface area contributed by atoms with Crippen LogP contribution in [0.2, 0.25) is 0 Å². The number of hydrogen-bond donors (Lipinski definition) is 1. The molecule has 2 heterocycles. The van der Waals surface area contributed by atoms with Gasteiger partial charge in [-0.2, -0.15) is 0 Å². The SMILES string of the molecule is O=C(Cc1cccc(Br)c1)Nc1ccc(CC(=O)N2CCN(c3ncccn3)CC2)cc1. The van der Waals surface area contributed by atoms with Gasteiger partial charge in [-0.15, -0.1) is 0 Å². The van der Waals surface area contributed by atoms with Crippen LogP contribution in [-0.4, -0.2) is 52.9 Å². The van der Waals surface area contributed by atoms with E-state index in [1.54, 1.807) is 18.5 Å². The highest BCUT2D eigenvalue weighted by Gasteiger charge is 2.22. The molecule has 1 saturated heterocycles. The van der Waals surface area contributed by atoms with Crippen LogP contribution in [0.3, 0.4) is 0 Å². The minimum atomic E-state index is -0.0767. The molecule has 0 radical (unpaired) electrons. The average Bonchev–Trinajstić information content (AvgIpc) is 2.81. The highest BCUT2D eigenvalue weighted by atomic mass is 79.9. The second-order valence-corrected chi connectivity index (χ2v) is 8.56. The van der Waals surface area contributed by atoms with Crippen molar-refractivity contribution >= 4 is 39.4 Å². The molecule has 32 heavy (non-hydrogen) atoms. The van der Waals surface area contributed by atoms with Crippen molar-refractivity contribution in [3.63, 3.8) is 0 Å². The molecule has 0 atom stereocenters. The topological polar surface area (TPSA) is 78.4 Å². The van der Waals surface area contributed by atoms with Gasteiger partial charge >= 0.3 is 0 Å². The van der Waals surface area contributed by atoms with Gasteiger partial charge in [-0.3, -0.25) is 9.59 Å². The molecule has 0 unspecified atom stereocenters. The summed E-state index contributed by atoms with van der Waals surface area (Å²) in [5.41, 5.74) is 2.59. The summed E-state index contributed by atoms with van der Waals surface area (Å²) in [4.78, 5) is 37.5. The van der Waals surface area contributed by atoms with Gasteiger partial charge in [0.2, 0.25) is 17.8 Å². The summed E-state index contributed by atoms with van der Waals surface area (Å²) >= 11 is 3.42. The van der Waals surface area contributed by atoms with Crippen LogP contribution in [0.25, 0.3) is 0 Å². The van der Waals surface area contributed by atoms with Gasteiger partial charge in [0.1, 0.15) is 0 Å². The van der Waals surface area contributed by atoms with Gasteiger partial charge in [0.15, 0.2) is 0 Å². The molecule has 1 aromatic heterocycles. The lowest BCUT2D eigenvalue weighted by Gasteiger charge is -2.34. The number of nitrogens with one attached hydrogen (secondary N) is 1. The summed E-state index contributed by atoms with van der Waals surface area (Å²) in [7, 11) is 0. The third kappa shape index (κ3) is 5.91. The monoisotopic (exact) mass is 493 g/mol. The second kappa shape index (κ2) is 10.4. The Kier molecular flexibility index (Phi) is 7.11. The predicted octanol–water partition coefficient (Wildman–Crippen LogP) is 3.31. The number of rotatable bonds is 6. The summed E-state index contributed by atoms with van der Waals surface area (Å²) in [6, 6.07) is 16.9. The van der Waals surface area contributed by atoms with E-state index in [2.05, 4.69) is 36.1 Å². The zero-order valence-electron chi connectivity index (χ0n) is 17.6. The van der Waals surface area contributed by atoms with Crippen LogP contribution in [0.1, 0.15) is 11.1 Å². The Morgan fingerprint density at radius 3 is 2.28 bits per heavy atom. The van der Waals surface area contributed by atoms with Crippen molar-refractivity contribution in [3.05, 3.63) is 82.6 Å². The van der Waals surface area contributed by atoms with Crippen molar-refractivity contribution < 1.29 is 9.59 Å². The molecule has 1 aliphatic heterocycles. The van der Waals surface area contributed by atoms with Gasteiger partial charge < -0.3 is 15.1 Å². The summed E-state index contributed by atoms with van der Waals surface area (Å²) in [6.07, 6.45) is 4.10. The molecule has 0 bridgehead atoms. The Labute approximate surface area is 195 Å². The van der Waals surface area contributed by atoms with Gasteiger partial charge in [-0.25, -0.2) is 9.97 Å². The van der Waals surface area contributed by atoms with Gasteiger partial charge in [0.25, 0.3) is 0 Å². The van der Waals surface area contributed by atoms with Gasteiger partial charge in [0, 0.05) is 48.7 Å². The van der Waals surface area contributed by atoms with E-state index in [0.717, 1.165) is 34.4 Å². The van der Waals surface area contributed by atoms with Crippen molar-refractivity contribution in [1.29, 1.82) is 0 Å². The lowest BCUT2D eigenvalue weighted by Crippen LogP contribution is -2.49. The first-order valence-corrected chi connectivity index (χ1v) is 11.3. The zero-order valence-corrected chi connectivity index (χ0v) is 19.2. The predicted molar refractivity (Wildman–Crippen MR) is 127 cm³/mol. The fourth-order valence-electron chi connectivity index (χ4n) is 3.64. The molecule has 1 N–H and O–H groups in total. The second-order valence-electron chi connectivity index (χ2n) is 7.65. The fraction of sp³-hybridized carbons (Fsp3) is 0.250. The molecule has 2 amide bonds. The van der Waals surface area contributed by atoms with Gasteiger partial charge in [-0.05, 0) is 41.5 Å². The van der Waals surface area contributed by atoms with E-state index in [9.17, 15) is 9.59 Å². The van der Waals surface area contributed by atoms with Gasteiger partial charge in [0.05, 0.1) is 12.8 Å². The van der Waals surface area contributed by atoms with Crippen molar-refractivity contribution in [2.75, 3.05) is 36.4 Å². The summed E-state index contributed by atoms with van der Waals surface area (Å²) < 4.78 is 0.951. The number of benzene rings is 2. The highest BCUT2D eigenvalue weighted by molar-refractivity contribution is 9.10. The third-order valence-corrected chi connectivity index (χ3v) is 5.81. The lowest BCUT2D eigenvalue weighted by molar-refractivity contribution is -0.130. The van der Waals surface area contributed by atoms with E-state index in [-0.39, 0.29) is 11.8 Å². The van der Waals surface area contributed by atoms with E-state index in [1.807, 2.05) is 53.4 Å². The molecule has 3 aromatic rings. The maximum absolute atomic E-state index is 12.7. The van der Waals surface area contributed by atoms with Crippen LogP contribution in [0.5, 0.6) is 0 Å². The summed E-state index contributed by atoms with van der Waals surface area (Å²) in [6.45, 7) is 2.75. The normalized spacial score (nSPS) is 13.7. The van der Waals surface area contributed by atoms with Crippen molar-refractivity contribution in [2.45, 2.75) is 12.8 Å². The smallest absolute Gasteiger partial charge is 0.228 e. The Hall–Kier alpha value is -3.26. The number of carbonyl (C=O) groups is 2. The van der Waals surface area contributed by atoms with E-state index in [4.69, 9.17) is 0 Å². The molecule has 1 aliphatic rings. The van der Waals surface area contributed by atoms with Gasteiger partial charge in [-0.1, -0.05) is 40.2 Å². The third-order valence-electron chi connectivity index (χ3n) is 5.31. The fourth-order valence-corrected chi connectivity index (χ4v) is 4.09. The number of halogens is 1. The Bertz CT molecular complexity index is 1070. The van der Waals surface area contributed by atoms with Crippen LogP contribution in [0.15, 0.2) is 71.5 Å². The molecular formula is C24H24BrN5O2. The minimum Gasteiger partial charge on any atom is -0.339 e. The van der Waals surface area contributed by atoms with Crippen molar-refractivity contribution in [2.24, 2.45) is 0 Å². The highest BCUT2D eigenvalue weighted by Crippen LogP contribution is 2.15. The first-order chi connectivity index (χ1) is 15.6. The number of piperazine rings is 1. The van der Waals surface area contributed by atoms with Crippen molar-refractivity contribution in [1.82, 2.24) is 14.9 Å². The molecule has 0 aliphatic carbocycles. The maximum atomic E-state index is 12.7. The quantitative estimate of drug-likeness (QED) is 0.569. The number of anilines is 2. The Balaban J connectivity index is 1.25. The van der Waals surface area contributed by atoms with E-state index >= 15 is 0 Å². The minimum absolute atomic E-state index is 0.0767. The van der Waals surface area contributed by atoms with E-state index in [1.165, 1.54) is 0 Å². The molecule has 7 nitrogen and oxygen atoms in total. The largest absolute Gasteiger partial charge is 0.339 e. The first kappa shape index (κ1) is 22.0. The molecule has 164 valence electrons. The molecule has 2 aromatic carbocycles. The maximum Gasteiger partial charge on any atom is 0.228 e. The van der Waals surface area contributed by atoms with Crippen LogP contribution in [-0.2, 0) is 22.4 Å². The number of aromatic nitrogens is 2. The Morgan fingerprint density at radius 1 is 0.875 bits per heavy atom. The number of amides is 2. The number of hydrogen-bond acceptors (Lipinski definition) is 5. The molecule has 4 rings (SSSR count). The standard InChI is InChI=1S/C24H24BrN5O2/c25-20-4-1-3-19(15-20)16-22(31)28-21-7-5-18(6-8-21)17-23(32)29-11-13-30(14-12-29)24-26-9-2-10-27-24/h1-10,15H,11-14,16-17H2,(H,28,31). The molecule has 0 saturated carbocycles. The van der Waals surface area contributed by atoms with Crippen molar-refractivity contribution in [3.8, 4) is 0 Å². The van der Waals surface area contributed by atoms with E-state index < -0.39 is 0 Å².